The second-order valence-electron chi connectivity index (χ2n) is 8.85. The number of likely N-dealkylation sites (tertiary alicyclic amines) is 1. The van der Waals surface area contributed by atoms with Crippen LogP contribution in [0.3, 0.4) is 0 Å². The van der Waals surface area contributed by atoms with Crippen molar-refractivity contribution in [1.82, 2.24) is 15.5 Å². The highest BCUT2D eigenvalue weighted by molar-refractivity contribution is 6.06. The number of rotatable bonds is 5. The van der Waals surface area contributed by atoms with Gasteiger partial charge in [-0.3, -0.25) is 14.5 Å². The van der Waals surface area contributed by atoms with Crippen LogP contribution in [0.2, 0.25) is 0 Å². The molecule has 3 aliphatic rings. The lowest BCUT2D eigenvalue weighted by Crippen LogP contribution is -2.48. The maximum Gasteiger partial charge on any atom is 0.404 e. The third-order valence-corrected chi connectivity index (χ3v) is 6.24. The molecule has 32 heavy (non-hydrogen) atoms. The molecule has 0 unspecified atom stereocenters. The van der Waals surface area contributed by atoms with Crippen molar-refractivity contribution >= 4 is 35.3 Å². The molecule has 2 heterocycles. The molecule has 0 aromatic heterocycles. The number of nitrogens with zero attached hydrogens (tertiary/aromatic N) is 2. The molecule has 1 saturated heterocycles. The average molecular weight is 444 g/mol. The number of carbonyl (C=O) groups excluding carboxylic acids is 3. The number of carbonyl (C=O) groups is 4. The Balaban J connectivity index is 1.52. The van der Waals surface area contributed by atoms with Crippen LogP contribution in [0.5, 0.6) is 0 Å². The van der Waals surface area contributed by atoms with E-state index in [2.05, 4.69) is 16.0 Å². The summed E-state index contributed by atoms with van der Waals surface area (Å²) < 4.78 is 0. The summed E-state index contributed by atoms with van der Waals surface area (Å²) in [4.78, 5) is 52.4. The number of urea groups is 1. The van der Waals surface area contributed by atoms with Crippen LogP contribution in [0.15, 0.2) is 18.2 Å². The molecule has 10 heteroatoms. The van der Waals surface area contributed by atoms with Gasteiger partial charge in [-0.25, -0.2) is 9.59 Å². The van der Waals surface area contributed by atoms with Crippen molar-refractivity contribution in [2.24, 2.45) is 5.92 Å². The van der Waals surface area contributed by atoms with Crippen LogP contribution in [-0.4, -0.2) is 65.7 Å². The summed E-state index contributed by atoms with van der Waals surface area (Å²) in [7, 11) is 0. The van der Waals surface area contributed by atoms with Crippen LogP contribution in [0.1, 0.15) is 49.4 Å². The molecule has 4 rings (SSSR count). The molecule has 1 aromatic rings. The lowest BCUT2D eigenvalue weighted by molar-refractivity contribution is -0.116. The van der Waals surface area contributed by atoms with E-state index in [1.807, 2.05) is 0 Å². The first-order valence-electron chi connectivity index (χ1n) is 11.1. The summed E-state index contributed by atoms with van der Waals surface area (Å²) in [6.45, 7) is 3.11. The Kier molecular flexibility index (Phi) is 6.20. The molecule has 1 aliphatic carbocycles. The van der Waals surface area contributed by atoms with Gasteiger partial charge >= 0.3 is 12.1 Å². The third-order valence-electron chi connectivity index (χ3n) is 6.24. The Morgan fingerprint density at radius 2 is 2.00 bits per heavy atom. The van der Waals surface area contributed by atoms with E-state index in [0.717, 1.165) is 12.3 Å². The number of hydrogen-bond acceptors (Lipinski definition) is 4. The van der Waals surface area contributed by atoms with E-state index in [-0.39, 0.29) is 36.9 Å². The van der Waals surface area contributed by atoms with E-state index in [0.29, 0.717) is 36.4 Å². The fourth-order valence-electron chi connectivity index (χ4n) is 4.35. The number of fused-ring (bicyclic) bond motifs is 1. The lowest BCUT2D eigenvalue weighted by atomic mass is 10.1. The highest BCUT2D eigenvalue weighted by Crippen LogP contribution is 2.34. The van der Waals surface area contributed by atoms with Gasteiger partial charge in [0.25, 0.3) is 5.91 Å². The number of anilines is 2. The van der Waals surface area contributed by atoms with Gasteiger partial charge in [-0.2, -0.15) is 0 Å². The van der Waals surface area contributed by atoms with Crippen molar-refractivity contribution in [1.29, 1.82) is 0 Å². The molecule has 5 amide bonds. The summed E-state index contributed by atoms with van der Waals surface area (Å²) in [6.07, 6.45) is 2.97. The third kappa shape index (κ3) is 4.95. The van der Waals surface area contributed by atoms with Gasteiger partial charge in [0.15, 0.2) is 0 Å². The van der Waals surface area contributed by atoms with E-state index in [4.69, 9.17) is 5.11 Å². The lowest BCUT2D eigenvalue weighted by Gasteiger charge is -2.32. The van der Waals surface area contributed by atoms with Gasteiger partial charge in [0.2, 0.25) is 5.91 Å². The first-order valence-corrected chi connectivity index (χ1v) is 11.1. The summed E-state index contributed by atoms with van der Waals surface area (Å²) >= 11 is 0. The minimum atomic E-state index is -1.12. The van der Waals surface area contributed by atoms with Crippen molar-refractivity contribution < 1.29 is 24.3 Å². The molecule has 2 aliphatic heterocycles. The Labute approximate surface area is 186 Å². The molecule has 0 spiro atoms. The van der Waals surface area contributed by atoms with Crippen molar-refractivity contribution in [3.63, 3.8) is 0 Å². The highest BCUT2D eigenvalue weighted by atomic mass is 16.4. The van der Waals surface area contributed by atoms with E-state index in [1.54, 1.807) is 34.9 Å². The summed E-state index contributed by atoms with van der Waals surface area (Å²) in [5.41, 5.74) is 1.37. The number of hydrogen-bond donors (Lipinski definition) is 4. The van der Waals surface area contributed by atoms with Gasteiger partial charge in [0.1, 0.15) is 0 Å². The molecule has 10 nitrogen and oxygen atoms in total. The molecule has 0 radical (unpaired) electrons. The molecule has 172 valence electrons. The first kappa shape index (κ1) is 21.9. The second-order valence-corrected chi connectivity index (χ2v) is 8.85. The average Bonchev–Trinajstić information content (AvgIpc) is 3.46. The Hall–Kier alpha value is -3.30. The van der Waals surface area contributed by atoms with Crippen LogP contribution >= 0.6 is 0 Å². The van der Waals surface area contributed by atoms with Crippen LogP contribution in [0.25, 0.3) is 0 Å². The van der Waals surface area contributed by atoms with E-state index < -0.39 is 12.1 Å². The predicted molar refractivity (Wildman–Crippen MR) is 118 cm³/mol. The largest absolute Gasteiger partial charge is 0.465 e. The van der Waals surface area contributed by atoms with Crippen LogP contribution in [0, 0.1) is 5.92 Å². The second kappa shape index (κ2) is 9.05. The molecule has 1 saturated carbocycles. The summed E-state index contributed by atoms with van der Waals surface area (Å²) in [5.74, 6) is 0.283. The smallest absolute Gasteiger partial charge is 0.404 e. The van der Waals surface area contributed by atoms with Crippen LogP contribution in [-0.2, 0) is 4.79 Å². The number of amides is 5. The summed E-state index contributed by atoms with van der Waals surface area (Å²) in [5, 5.41) is 17.1. The first-order chi connectivity index (χ1) is 15.3. The molecular weight excluding hydrogens is 414 g/mol. The van der Waals surface area contributed by atoms with Gasteiger partial charge in [-0.1, -0.05) is 12.8 Å². The van der Waals surface area contributed by atoms with Gasteiger partial charge < -0.3 is 26.0 Å². The molecule has 2 fully saturated rings. The number of nitrogens with one attached hydrogen (secondary N) is 3. The number of carboxylic acid groups (broad SMARTS) is 1. The molecule has 1 aromatic carbocycles. The topological polar surface area (TPSA) is 131 Å². The minimum absolute atomic E-state index is 0.119. The fourth-order valence-corrected chi connectivity index (χ4v) is 4.35. The fraction of sp³-hybridized carbons (Fsp3) is 0.545. The molecule has 4 N–H and O–H groups in total. The van der Waals surface area contributed by atoms with Gasteiger partial charge in [0.05, 0.1) is 17.4 Å². The Morgan fingerprint density at radius 3 is 2.72 bits per heavy atom. The molecular formula is C22H29N5O5. The number of benzene rings is 1. The highest BCUT2D eigenvalue weighted by Gasteiger charge is 2.36. The van der Waals surface area contributed by atoms with Crippen molar-refractivity contribution in [2.45, 2.75) is 51.1 Å². The predicted octanol–water partition coefficient (Wildman–Crippen LogP) is 2.22. The van der Waals surface area contributed by atoms with Crippen molar-refractivity contribution in [3.8, 4) is 0 Å². The SMILES string of the molecule is C[C@H]1CC(=O)Nc2cc(C(=O)NCCC3CC3)ccc2N1C(=O)N1CC[C@@H](NC(=O)O)C1. The maximum absolute atomic E-state index is 13.4. The van der Waals surface area contributed by atoms with Crippen molar-refractivity contribution in [3.05, 3.63) is 23.8 Å². The zero-order valence-corrected chi connectivity index (χ0v) is 18.1. The molecule has 0 bridgehead atoms. The van der Waals surface area contributed by atoms with Gasteiger partial charge in [0, 0.05) is 37.7 Å². The van der Waals surface area contributed by atoms with Gasteiger partial charge in [-0.05, 0) is 43.9 Å². The van der Waals surface area contributed by atoms with E-state index in [1.165, 1.54) is 12.8 Å². The quantitative estimate of drug-likeness (QED) is 0.554. The van der Waals surface area contributed by atoms with E-state index in [9.17, 15) is 19.2 Å². The zero-order valence-electron chi connectivity index (χ0n) is 18.1. The summed E-state index contributed by atoms with van der Waals surface area (Å²) in [6, 6.07) is 3.96. The normalized spacial score (nSPS) is 22.6. The maximum atomic E-state index is 13.4. The van der Waals surface area contributed by atoms with Gasteiger partial charge in [-0.15, -0.1) is 0 Å². The minimum Gasteiger partial charge on any atom is -0.465 e. The molecule has 2 atom stereocenters. The monoisotopic (exact) mass is 443 g/mol. The van der Waals surface area contributed by atoms with Crippen LogP contribution < -0.4 is 20.9 Å². The standard InChI is InChI=1S/C22H29N5O5/c1-13-10-19(28)25-17-11-15(20(29)23-8-6-14-2-3-14)4-5-18(17)27(13)22(32)26-9-7-16(12-26)24-21(30)31/h4-5,11,13-14,16,24H,2-3,6-10,12H2,1H3,(H,23,29)(H,25,28)(H,30,31)/t13-,16+/m0/s1. The van der Waals surface area contributed by atoms with Crippen molar-refractivity contribution in [2.75, 3.05) is 29.9 Å². The zero-order chi connectivity index (χ0) is 22.8. The Morgan fingerprint density at radius 1 is 1.22 bits per heavy atom. The van der Waals surface area contributed by atoms with E-state index >= 15 is 0 Å². The van der Waals surface area contributed by atoms with Crippen LogP contribution in [0.4, 0.5) is 21.0 Å². The Bertz CT molecular complexity index is 931.